The lowest BCUT2D eigenvalue weighted by Gasteiger charge is -2.13. The van der Waals surface area contributed by atoms with E-state index < -0.39 is 5.97 Å². The number of ether oxygens (including phenoxy) is 2. The summed E-state index contributed by atoms with van der Waals surface area (Å²) in [5.41, 5.74) is 3.04. The molecule has 0 amide bonds. The van der Waals surface area contributed by atoms with Gasteiger partial charge >= 0.3 is 11.9 Å². The van der Waals surface area contributed by atoms with Crippen molar-refractivity contribution < 1.29 is 24.2 Å². The van der Waals surface area contributed by atoms with Crippen molar-refractivity contribution >= 4 is 11.9 Å². The van der Waals surface area contributed by atoms with Gasteiger partial charge < -0.3 is 14.6 Å². The zero-order chi connectivity index (χ0) is 21.2. The van der Waals surface area contributed by atoms with Gasteiger partial charge in [-0.25, -0.2) is 0 Å². The zero-order valence-corrected chi connectivity index (χ0v) is 17.4. The second kappa shape index (κ2) is 11.2. The van der Waals surface area contributed by atoms with Crippen molar-refractivity contribution in [2.24, 2.45) is 5.92 Å². The van der Waals surface area contributed by atoms with E-state index in [9.17, 15) is 9.59 Å². The van der Waals surface area contributed by atoms with E-state index in [2.05, 4.69) is 26.0 Å². The summed E-state index contributed by atoms with van der Waals surface area (Å²) in [7, 11) is 0. The molecular weight excluding hydrogens is 368 g/mol. The molecule has 1 atom stereocenters. The predicted molar refractivity (Wildman–Crippen MR) is 112 cm³/mol. The first-order chi connectivity index (χ1) is 13.8. The van der Waals surface area contributed by atoms with Crippen molar-refractivity contribution in [2.45, 2.75) is 52.6 Å². The van der Waals surface area contributed by atoms with E-state index >= 15 is 0 Å². The molecule has 1 unspecified atom stereocenters. The van der Waals surface area contributed by atoms with Crippen LogP contribution < -0.4 is 4.74 Å². The Kier molecular flexibility index (Phi) is 8.71. The molecule has 0 aliphatic carbocycles. The molecule has 0 spiro atoms. The van der Waals surface area contributed by atoms with Crippen molar-refractivity contribution in [3.63, 3.8) is 0 Å². The van der Waals surface area contributed by atoms with Gasteiger partial charge in [-0.05, 0) is 54.5 Å². The van der Waals surface area contributed by atoms with Gasteiger partial charge in [-0.1, -0.05) is 50.2 Å². The Morgan fingerprint density at radius 2 is 1.72 bits per heavy atom. The Morgan fingerprint density at radius 1 is 1.00 bits per heavy atom. The fourth-order valence-corrected chi connectivity index (χ4v) is 2.97. The lowest BCUT2D eigenvalue weighted by molar-refractivity contribution is -0.146. The molecule has 156 valence electrons. The summed E-state index contributed by atoms with van der Waals surface area (Å²) in [6.07, 6.45) is 1.55. The maximum absolute atomic E-state index is 12.4. The van der Waals surface area contributed by atoms with E-state index in [1.54, 1.807) is 12.1 Å². The van der Waals surface area contributed by atoms with Crippen LogP contribution in [0.3, 0.4) is 0 Å². The van der Waals surface area contributed by atoms with E-state index in [1.807, 2.05) is 31.2 Å². The number of carboxylic acids is 1. The first kappa shape index (κ1) is 22.5. The molecule has 0 radical (unpaired) electrons. The molecule has 5 nitrogen and oxygen atoms in total. The van der Waals surface area contributed by atoms with Crippen LogP contribution in [0.4, 0.5) is 0 Å². The average molecular weight is 398 g/mol. The smallest absolute Gasteiger partial charge is 0.313 e. The summed E-state index contributed by atoms with van der Waals surface area (Å²) in [5.74, 6) is -0.205. The first-order valence-corrected chi connectivity index (χ1v) is 10.0. The number of carbonyl (C=O) groups is 2. The van der Waals surface area contributed by atoms with Gasteiger partial charge in [-0.3, -0.25) is 9.59 Å². The van der Waals surface area contributed by atoms with Gasteiger partial charge in [-0.15, -0.1) is 0 Å². The number of benzene rings is 2. The number of esters is 1. The van der Waals surface area contributed by atoms with Crippen LogP contribution in [0.15, 0.2) is 48.5 Å². The molecule has 0 fully saturated rings. The van der Waals surface area contributed by atoms with Crippen molar-refractivity contribution in [1.82, 2.24) is 0 Å². The third-order valence-corrected chi connectivity index (χ3v) is 4.56. The lowest BCUT2D eigenvalue weighted by atomic mass is 9.97. The molecule has 0 saturated carbocycles. The summed E-state index contributed by atoms with van der Waals surface area (Å²) in [6.45, 7) is 6.72. The second-order valence-corrected chi connectivity index (χ2v) is 7.66. The Bertz CT molecular complexity index is 795. The Balaban J connectivity index is 1.84. The zero-order valence-electron chi connectivity index (χ0n) is 17.4. The Hall–Kier alpha value is -2.82. The van der Waals surface area contributed by atoms with Crippen molar-refractivity contribution in [2.75, 3.05) is 6.61 Å². The van der Waals surface area contributed by atoms with Crippen molar-refractivity contribution in [3.8, 4) is 5.75 Å². The van der Waals surface area contributed by atoms with Crippen LogP contribution in [0.1, 0.15) is 56.2 Å². The molecule has 29 heavy (non-hydrogen) atoms. The molecule has 0 aliphatic heterocycles. The van der Waals surface area contributed by atoms with E-state index in [-0.39, 0.29) is 24.9 Å². The Morgan fingerprint density at radius 3 is 2.38 bits per heavy atom. The molecule has 1 N–H and O–H groups in total. The van der Waals surface area contributed by atoms with Gasteiger partial charge in [-0.2, -0.15) is 0 Å². The SMILES string of the molecule is CC(C)Cc1ccc(C(C)C(=O)OCc2cccc(OCCCC(=O)O)c2)cc1. The highest BCUT2D eigenvalue weighted by atomic mass is 16.5. The molecule has 0 saturated heterocycles. The molecule has 2 aromatic rings. The van der Waals surface area contributed by atoms with Gasteiger partial charge in [0.2, 0.25) is 0 Å². The van der Waals surface area contributed by atoms with Crippen LogP contribution in [-0.4, -0.2) is 23.7 Å². The van der Waals surface area contributed by atoms with E-state index in [4.69, 9.17) is 14.6 Å². The lowest BCUT2D eigenvalue weighted by Crippen LogP contribution is -2.13. The third kappa shape index (κ3) is 7.98. The molecule has 2 rings (SSSR count). The van der Waals surface area contributed by atoms with Crippen LogP contribution in [0.25, 0.3) is 0 Å². The van der Waals surface area contributed by atoms with Gasteiger partial charge in [0.25, 0.3) is 0 Å². The highest BCUT2D eigenvalue weighted by Gasteiger charge is 2.17. The van der Waals surface area contributed by atoms with Crippen LogP contribution in [0.2, 0.25) is 0 Å². The van der Waals surface area contributed by atoms with Gasteiger partial charge in [0, 0.05) is 6.42 Å². The monoisotopic (exact) mass is 398 g/mol. The quantitative estimate of drug-likeness (QED) is 0.427. The summed E-state index contributed by atoms with van der Waals surface area (Å²) in [4.78, 5) is 23.0. The predicted octanol–water partition coefficient (Wildman–Crippen LogP) is 4.98. The molecule has 0 aliphatic rings. The standard InChI is InChI=1S/C24H30O5/c1-17(2)14-19-9-11-21(12-10-19)18(3)24(27)29-16-20-6-4-7-22(15-20)28-13-5-8-23(25)26/h4,6-7,9-12,15,17-18H,5,8,13-14,16H2,1-3H3,(H,25,26). The minimum absolute atomic E-state index is 0.0770. The topological polar surface area (TPSA) is 72.8 Å². The minimum atomic E-state index is -0.835. The van der Waals surface area contributed by atoms with E-state index in [0.29, 0.717) is 24.7 Å². The maximum Gasteiger partial charge on any atom is 0.313 e. The summed E-state index contributed by atoms with van der Waals surface area (Å²) >= 11 is 0. The normalized spacial score (nSPS) is 11.9. The summed E-state index contributed by atoms with van der Waals surface area (Å²) in [6, 6.07) is 15.4. The number of hydrogen-bond donors (Lipinski definition) is 1. The minimum Gasteiger partial charge on any atom is -0.494 e. The largest absolute Gasteiger partial charge is 0.494 e. The average Bonchev–Trinajstić information content (AvgIpc) is 2.69. The van der Waals surface area contributed by atoms with Gasteiger partial charge in [0.1, 0.15) is 12.4 Å². The highest BCUT2D eigenvalue weighted by molar-refractivity contribution is 5.77. The van der Waals surface area contributed by atoms with Gasteiger partial charge in [0.05, 0.1) is 12.5 Å². The van der Waals surface area contributed by atoms with Crippen LogP contribution in [-0.2, 0) is 27.4 Å². The molecular formula is C24H30O5. The van der Waals surface area contributed by atoms with Crippen LogP contribution in [0.5, 0.6) is 5.75 Å². The third-order valence-electron chi connectivity index (χ3n) is 4.56. The fraction of sp³-hybridized carbons (Fsp3) is 0.417. The molecule has 5 heteroatoms. The number of carbonyl (C=O) groups excluding carboxylic acids is 1. The second-order valence-electron chi connectivity index (χ2n) is 7.66. The number of carboxylic acid groups (broad SMARTS) is 1. The van der Waals surface area contributed by atoms with Crippen LogP contribution >= 0.6 is 0 Å². The number of rotatable bonds is 11. The summed E-state index contributed by atoms with van der Waals surface area (Å²) in [5, 5.41) is 8.65. The Labute approximate surface area is 172 Å². The van der Waals surface area contributed by atoms with Crippen LogP contribution in [0, 0.1) is 5.92 Å². The van der Waals surface area contributed by atoms with Crippen molar-refractivity contribution in [1.29, 1.82) is 0 Å². The van der Waals surface area contributed by atoms with E-state index in [1.165, 1.54) is 5.56 Å². The molecule has 0 aromatic heterocycles. The maximum atomic E-state index is 12.4. The molecule has 0 bridgehead atoms. The van der Waals surface area contributed by atoms with E-state index in [0.717, 1.165) is 17.5 Å². The highest BCUT2D eigenvalue weighted by Crippen LogP contribution is 2.20. The number of aliphatic carboxylic acids is 1. The molecule has 0 heterocycles. The summed E-state index contributed by atoms with van der Waals surface area (Å²) < 4.78 is 11.0. The van der Waals surface area contributed by atoms with Crippen molar-refractivity contribution in [3.05, 3.63) is 65.2 Å². The number of hydrogen-bond acceptors (Lipinski definition) is 4. The fourth-order valence-electron chi connectivity index (χ4n) is 2.97. The molecule has 2 aromatic carbocycles. The van der Waals surface area contributed by atoms with Gasteiger partial charge in [0.15, 0.2) is 0 Å². The first-order valence-electron chi connectivity index (χ1n) is 10.0.